The summed E-state index contributed by atoms with van der Waals surface area (Å²) in [7, 11) is 1.68. The number of thiophene rings is 1. The van der Waals surface area contributed by atoms with Gasteiger partial charge in [0.2, 0.25) is 11.1 Å². The van der Waals surface area contributed by atoms with E-state index in [4.69, 9.17) is 19.6 Å². The molecule has 8 heteroatoms. The zero-order valence-corrected chi connectivity index (χ0v) is 19.1. The van der Waals surface area contributed by atoms with Crippen LogP contribution < -0.4 is 14.8 Å². The predicted molar refractivity (Wildman–Crippen MR) is 128 cm³/mol. The van der Waals surface area contributed by atoms with Crippen LogP contribution in [0.25, 0.3) is 5.70 Å². The van der Waals surface area contributed by atoms with Crippen LogP contribution in [0.5, 0.6) is 11.5 Å². The van der Waals surface area contributed by atoms with Crippen LogP contribution in [-0.4, -0.2) is 28.1 Å². The van der Waals surface area contributed by atoms with Crippen LogP contribution in [-0.2, 0) is 0 Å². The number of ether oxygens (including phenoxy) is 2. The Labute approximate surface area is 193 Å². The highest BCUT2D eigenvalue weighted by Gasteiger charge is 2.41. The molecule has 0 saturated carbocycles. The lowest BCUT2D eigenvalue weighted by molar-refractivity contribution is 0.223. The molecule has 0 spiro atoms. The zero-order valence-electron chi connectivity index (χ0n) is 17.5. The van der Waals surface area contributed by atoms with Gasteiger partial charge in [-0.3, -0.25) is 0 Å². The fourth-order valence-electron chi connectivity index (χ4n) is 4.32. The lowest BCUT2D eigenvalue weighted by Crippen LogP contribution is -2.32. The number of hydrogen-bond acceptors (Lipinski definition) is 7. The Morgan fingerprint density at radius 3 is 2.69 bits per heavy atom. The van der Waals surface area contributed by atoms with Crippen molar-refractivity contribution in [1.29, 1.82) is 0 Å². The number of aromatic nitrogens is 3. The summed E-state index contributed by atoms with van der Waals surface area (Å²) in [6.07, 6.45) is 1.72. The van der Waals surface area contributed by atoms with Crippen molar-refractivity contribution in [2.75, 3.05) is 18.7 Å². The van der Waals surface area contributed by atoms with E-state index in [1.54, 1.807) is 18.4 Å². The van der Waals surface area contributed by atoms with E-state index in [0.29, 0.717) is 0 Å². The minimum Gasteiger partial charge on any atom is -0.497 e. The number of fused-ring (bicyclic) bond motifs is 3. The van der Waals surface area contributed by atoms with Crippen LogP contribution in [0.2, 0.25) is 0 Å². The van der Waals surface area contributed by atoms with E-state index in [1.165, 1.54) is 16.6 Å². The molecule has 2 aliphatic heterocycles. The predicted octanol–water partition coefficient (Wildman–Crippen LogP) is 5.63. The van der Waals surface area contributed by atoms with Crippen LogP contribution in [0.15, 0.2) is 76.8 Å². The fourth-order valence-corrected chi connectivity index (χ4v) is 5.49. The van der Waals surface area contributed by atoms with Gasteiger partial charge in [0.05, 0.1) is 12.8 Å². The van der Waals surface area contributed by atoms with Crippen molar-refractivity contribution in [1.82, 2.24) is 14.8 Å². The number of rotatable bonds is 4. The van der Waals surface area contributed by atoms with E-state index in [-0.39, 0.29) is 12.1 Å². The molecule has 6 nitrogen and oxygen atoms in total. The first-order valence-corrected chi connectivity index (χ1v) is 12.3. The minimum atomic E-state index is -0.277. The summed E-state index contributed by atoms with van der Waals surface area (Å²) in [5, 5.41) is 11.2. The van der Waals surface area contributed by atoms with Gasteiger partial charge < -0.3 is 14.8 Å². The van der Waals surface area contributed by atoms with Crippen molar-refractivity contribution < 1.29 is 9.47 Å². The van der Waals surface area contributed by atoms with Crippen molar-refractivity contribution in [3.8, 4) is 11.5 Å². The van der Waals surface area contributed by atoms with Gasteiger partial charge in [0, 0.05) is 16.0 Å². The first-order chi connectivity index (χ1) is 15.8. The Morgan fingerprint density at radius 1 is 1.09 bits per heavy atom. The van der Waals surface area contributed by atoms with Crippen LogP contribution in [0.4, 0.5) is 5.95 Å². The molecule has 4 aromatic rings. The second-order valence-electron chi connectivity index (χ2n) is 7.51. The molecule has 2 aliphatic rings. The highest BCUT2D eigenvalue weighted by Crippen LogP contribution is 2.51. The number of anilines is 1. The number of nitrogens with one attached hydrogen (secondary N) is 1. The smallest absolute Gasteiger partial charge is 0.227 e. The number of para-hydroxylation sites is 1. The van der Waals surface area contributed by atoms with E-state index in [9.17, 15) is 0 Å². The monoisotopic (exact) mass is 460 g/mol. The summed E-state index contributed by atoms with van der Waals surface area (Å²) in [4.78, 5) is 5.92. The first kappa shape index (κ1) is 19.5. The number of benzene rings is 2. The lowest BCUT2D eigenvalue weighted by Gasteiger charge is -2.38. The van der Waals surface area contributed by atoms with E-state index in [2.05, 4.69) is 41.0 Å². The molecule has 2 aromatic carbocycles. The van der Waals surface area contributed by atoms with E-state index < -0.39 is 0 Å². The third kappa shape index (κ3) is 3.02. The number of methoxy groups -OCH3 is 1. The van der Waals surface area contributed by atoms with Gasteiger partial charge in [0.15, 0.2) is 0 Å². The van der Waals surface area contributed by atoms with Gasteiger partial charge in [-0.15, -0.1) is 16.4 Å². The Morgan fingerprint density at radius 2 is 1.94 bits per heavy atom. The van der Waals surface area contributed by atoms with Gasteiger partial charge in [-0.05, 0) is 47.5 Å². The van der Waals surface area contributed by atoms with Gasteiger partial charge in [-0.25, -0.2) is 4.68 Å². The molecular formula is C24H20N4O2S2. The largest absolute Gasteiger partial charge is 0.497 e. The maximum atomic E-state index is 6.64. The summed E-state index contributed by atoms with van der Waals surface area (Å²) in [6.45, 7) is 0. The van der Waals surface area contributed by atoms with Gasteiger partial charge in [0.1, 0.15) is 23.6 Å². The maximum absolute atomic E-state index is 6.64. The Balaban J connectivity index is 1.60. The van der Waals surface area contributed by atoms with Gasteiger partial charge >= 0.3 is 0 Å². The zero-order chi connectivity index (χ0) is 21.7. The van der Waals surface area contributed by atoms with Crippen molar-refractivity contribution in [2.24, 2.45) is 0 Å². The molecule has 0 aliphatic carbocycles. The Bertz CT molecular complexity index is 1310. The average Bonchev–Trinajstić information content (AvgIpc) is 3.52. The molecule has 0 unspecified atom stereocenters. The highest BCUT2D eigenvalue weighted by molar-refractivity contribution is 7.98. The second-order valence-corrected chi connectivity index (χ2v) is 9.26. The molecule has 0 saturated heterocycles. The van der Waals surface area contributed by atoms with E-state index in [1.807, 2.05) is 41.3 Å². The van der Waals surface area contributed by atoms with Gasteiger partial charge in [-0.1, -0.05) is 42.1 Å². The normalized spacial score (nSPS) is 18.8. The second kappa shape index (κ2) is 7.72. The molecule has 6 rings (SSSR count). The Hall–Kier alpha value is -3.23. The molecule has 2 atom stereocenters. The summed E-state index contributed by atoms with van der Waals surface area (Å²) < 4.78 is 14.0. The highest BCUT2D eigenvalue weighted by atomic mass is 32.2. The molecule has 0 amide bonds. The maximum Gasteiger partial charge on any atom is 0.227 e. The van der Waals surface area contributed by atoms with E-state index in [0.717, 1.165) is 45.0 Å². The third-order valence-corrected chi connectivity index (χ3v) is 7.24. The number of hydrogen-bond donors (Lipinski definition) is 1. The van der Waals surface area contributed by atoms with Crippen molar-refractivity contribution in [3.63, 3.8) is 0 Å². The summed E-state index contributed by atoms with van der Waals surface area (Å²) >= 11 is 3.26. The van der Waals surface area contributed by atoms with E-state index >= 15 is 0 Å². The minimum absolute atomic E-state index is 0.116. The molecule has 1 N–H and O–H groups in total. The van der Waals surface area contributed by atoms with Crippen LogP contribution in [0.1, 0.15) is 28.1 Å². The van der Waals surface area contributed by atoms with Crippen molar-refractivity contribution >= 4 is 34.7 Å². The summed E-state index contributed by atoms with van der Waals surface area (Å²) in [6, 6.07) is 20.4. The Kier molecular flexibility index (Phi) is 4.69. The van der Waals surface area contributed by atoms with Gasteiger partial charge in [0.25, 0.3) is 0 Å². The lowest BCUT2D eigenvalue weighted by atomic mass is 9.87. The van der Waals surface area contributed by atoms with Crippen LogP contribution in [0, 0.1) is 0 Å². The third-order valence-electron chi connectivity index (χ3n) is 5.77. The van der Waals surface area contributed by atoms with Crippen LogP contribution in [0.3, 0.4) is 0 Å². The quantitative estimate of drug-likeness (QED) is 0.398. The topological polar surface area (TPSA) is 61.2 Å². The molecule has 160 valence electrons. The standard InChI is InChI=1S/C24H20N4O2S2/c1-29-15-11-9-14(10-12-15)22-19-20(16-6-3-4-7-17(16)30-22)25-23-26-24(31-2)27-28(23)21(19)18-8-5-13-32-18/h3-13,21-22H,1-2H3,(H,25,26,27)/t21-,22-/m0/s1. The molecule has 0 radical (unpaired) electrons. The molecule has 32 heavy (non-hydrogen) atoms. The SMILES string of the molecule is COc1ccc([C@@H]2Oc3ccccc3C3=C2[C@H](c2cccs2)n2nc(SC)nc2N3)cc1. The summed E-state index contributed by atoms with van der Waals surface area (Å²) in [5.41, 5.74) is 4.26. The molecule has 2 aromatic heterocycles. The van der Waals surface area contributed by atoms with Crippen molar-refractivity contribution in [2.45, 2.75) is 17.3 Å². The fraction of sp³-hybridized carbons (Fsp3) is 0.167. The average molecular weight is 461 g/mol. The van der Waals surface area contributed by atoms with Crippen LogP contribution >= 0.6 is 23.1 Å². The molecule has 0 bridgehead atoms. The molecular weight excluding hydrogens is 440 g/mol. The summed E-state index contributed by atoms with van der Waals surface area (Å²) in [5.74, 6) is 2.41. The van der Waals surface area contributed by atoms with Crippen molar-refractivity contribution in [3.05, 3.63) is 87.6 Å². The first-order valence-electron chi connectivity index (χ1n) is 10.2. The molecule has 4 heterocycles. The number of thioether (sulfide) groups is 1. The number of nitrogens with zero attached hydrogens (tertiary/aromatic N) is 3. The van der Waals surface area contributed by atoms with Gasteiger partial charge in [-0.2, -0.15) is 4.98 Å². The molecule has 0 fully saturated rings.